The predicted molar refractivity (Wildman–Crippen MR) is 59.6 cm³/mol. The third-order valence-electron chi connectivity index (χ3n) is 2.33. The van der Waals surface area contributed by atoms with Crippen molar-refractivity contribution in [3.8, 4) is 0 Å². The number of hydrogen-bond acceptors (Lipinski definition) is 4. The SMILES string of the molecule is CN(CCC(F)(F)F)C(=O)c1ccnc(NN)c1F. The number of hydrogen-bond donors (Lipinski definition) is 2. The van der Waals surface area contributed by atoms with Crippen molar-refractivity contribution in [3.05, 3.63) is 23.6 Å². The number of nitrogens with zero attached hydrogens (tertiary/aromatic N) is 2. The van der Waals surface area contributed by atoms with Gasteiger partial charge in [0.1, 0.15) is 0 Å². The second-order valence-corrected chi connectivity index (χ2v) is 3.76. The Morgan fingerprint density at radius 2 is 2.16 bits per heavy atom. The standard InChI is InChI=1S/C10H12F4N4O/c1-18(5-3-10(12,13)14)9(19)6-2-4-16-8(17-15)7(6)11/h2,4H,3,5,15H2,1H3,(H,16,17). The van der Waals surface area contributed by atoms with Crippen LogP contribution < -0.4 is 11.3 Å². The average molecular weight is 280 g/mol. The molecule has 1 aromatic heterocycles. The quantitative estimate of drug-likeness (QED) is 0.498. The maximum Gasteiger partial charge on any atom is 0.390 e. The van der Waals surface area contributed by atoms with Crippen LogP contribution in [0.2, 0.25) is 0 Å². The molecular formula is C10H12F4N4O. The summed E-state index contributed by atoms with van der Waals surface area (Å²) in [7, 11) is 1.16. The molecule has 19 heavy (non-hydrogen) atoms. The lowest BCUT2D eigenvalue weighted by Crippen LogP contribution is -2.31. The van der Waals surface area contributed by atoms with Gasteiger partial charge in [0.15, 0.2) is 11.6 Å². The summed E-state index contributed by atoms with van der Waals surface area (Å²) in [5, 5.41) is 0. The Hall–Kier alpha value is -1.90. The molecule has 9 heteroatoms. The zero-order chi connectivity index (χ0) is 14.6. The Kier molecular flexibility index (Phi) is 4.65. The van der Waals surface area contributed by atoms with Gasteiger partial charge in [-0.15, -0.1) is 0 Å². The highest BCUT2D eigenvalue weighted by Gasteiger charge is 2.29. The van der Waals surface area contributed by atoms with E-state index < -0.39 is 36.4 Å². The van der Waals surface area contributed by atoms with Crippen LogP contribution in [-0.4, -0.2) is 35.6 Å². The zero-order valence-corrected chi connectivity index (χ0v) is 9.96. The van der Waals surface area contributed by atoms with Crippen LogP contribution >= 0.6 is 0 Å². The first-order valence-corrected chi connectivity index (χ1v) is 5.19. The number of nitrogens with two attached hydrogens (primary N) is 1. The molecular weight excluding hydrogens is 268 g/mol. The van der Waals surface area contributed by atoms with E-state index in [9.17, 15) is 22.4 Å². The first-order valence-electron chi connectivity index (χ1n) is 5.19. The zero-order valence-electron chi connectivity index (χ0n) is 9.96. The van der Waals surface area contributed by atoms with Crippen molar-refractivity contribution in [3.63, 3.8) is 0 Å². The molecule has 0 aliphatic carbocycles. The van der Waals surface area contributed by atoms with Gasteiger partial charge in [0.25, 0.3) is 5.91 Å². The first kappa shape index (κ1) is 15.2. The lowest BCUT2D eigenvalue weighted by molar-refractivity contribution is -0.136. The van der Waals surface area contributed by atoms with E-state index in [2.05, 4.69) is 4.98 Å². The molecule has 0 fully saturated rings. The van der Waals surface area contributed by atoms with Gasteiger partial charge >= 0.3 is 6.18 Å². The third kappa shape index (κ3) is 4.05. The van der Waals surface area contributed by atoms with E-state index in [1.807, 2.05) is 5.43 Å². The summed E-state index contributed by atoms with van der Waals surface area (Å²) in [5.74, 6) is 2.75. The van der Waals surface area contributed by atoms with Crippen molar-refractivity contribution in [1.29, 1.82) is 0 Å². The smallest absolute Gasteiger partial charge is 0.341 e. The number of carbonyl (C=O) groups is 1. The Labute approximate surface area is 106 Å². The highest BCUT2D eigenvalue weighted by atomic mass is 19.4. The Balaban J connectivity index is 2.83. The number of hydrazine groups is 1. The molecule has 0 saturated heterocycles. The minimum atomic E-state index is -4.38. The monoisotopic (exact) mass is 280 g/mol. The van der Waals surface area contributed by atoms with E-state index in [-0.39, 0.29) is 5.82 Å². The number of pyridine rings is 1. The summed E-state index contributed by atoms with van der Waals surface area (Å²) in [6.07, 6.45) is -4.41. The van der Waals surface area contributed by atoms with Gasteiger partial charge in [0.2, 0.25) is 0 Å². The van der Waals surface area contributed by atoms with Gasteiger partial charge in [-0.2, -0.15) is 13.2 Å². The first-order chi connectivity index (χ1) is 8.76. The van der Waals surface area contributed by atoms with Gasteiger partial charge in [-0.3, -0.25) is 4.79 Å². The predicted octanol–water partition coefficient (Wildman–Crippen LogP) is 1.53. The third-order valence-corrected chi connectivity index (χ3v) is 2.33. The molecule has 3 N–H and O–H groups in total. The second kappa shape index (κ2) is 5.83. The number of nitrogens with one attached hydrogen (secondary N) is 1. The summed E-state index contributed by atoms with van der Waals surface area (Å²) in [5.41, 5.74) is 1.55. The Bertz CT molecular complexity index is 463. The number of carbonyl (C=O) groups excluding carboxylic acids is 1. The number of amides is 1. The molecule has 1 heterocycles. The van der Waals surface area contributed by atoms with Gasteiger partial charge in [-0.25, -0.2) is 15.2 Å². The molecule has 5 nitrogen and oxygen atoms in total. The van der Waals surface area contributed by atoms with Crippen LogP contribution in [0.25, 0.3) is 0 Å². The minimum Gasteiger partial charge on any atom is -0.341 e. The molecule has 1 rings (SSSR count). The van der Waals surface area contributed by atoms with Gasteiger partial charge in [0.05, 0.1) is 12.0 Å². The van der Waals surface area contributed by atoms with E-state index in [0.717, 1.165) is 24.2 Å². The lowest BCUT2D eigenvalue weighted by Gasteiger charge is -2.18. The normalized spacial score (nSPS) is 11.3. The van der Waals surface area contributed by atoms with Crippen LogP contribution in [0.5, 0.6) is 0 Å². The van der Waals surface area contributed by atoms with Crippen molar-refractivity contribution in [2.24, 2.45) is 5.84 Å². The minimum absolute atomic E-state index is 0.352. The summed E-state index contributed by atoms with van der Waals surface area (Å²) in [6.45, 7) is -0.560. The number of rotatable bonds is 4. The number of anilines is 1. The molecule has 0 spiro atoms. The van der Waals surface area contributed by atoms with E-state index in [0.29, 0.717) is 0 Å². The molecule has 0 atom stereocenters. The number of aromatic nitrogens is 1. The fraction of sp³-hybridized carbons (Fsp3) is 0.400. The number of halogens is 4. The van der Waals surface area contributed by atoms with E-state index >= 15 is 0 Å². The molecule has 1 amide bonds. The van der Waals surface area contributed by atoms with Crippen molar-refractivity contribution < 1.29 is 22.4 Å². The molecule has 0 saturated carbocycles. The summed E-state index contributed by atoms with van der Waals surface area (Å²) in [6, 6.07) is 1.07. The van der Waals surface area contributed by atoms with Crippen molar-refractivity contribution >= 4 is 11.7 Å². The topological polar surface area (TPSA) is 71.2 Å². The maximum atomic E-state index is 13.7. The van der Waals surface area contributed by atoms with E-state index in [1.165, 1.54) is 0 Å². The van der Waals surface area contributed by atoms with Crippen LogP contribution in [0.1, 0.15) is 16.8 Å². The van der Waals surface area contributed by atoms with E-state index in [1.54, 1.807) is 0 Å². The molecule has 0 bridgehead atoms. The van der Waals surface area contributed by atoms with Crippen molar-refractivity contribution in [2.45, 2.75) is 12.6 Å². The van der Waals surface area contributed by atoms with Crippen molar-refractivity contribution in [1.82, 2.24) is 9.88 Å². The summed E-state index contributed by atoms with van der Waals surface area (Å²) >= 11 is 0. The molecule has 0 unspecified atom stereocenters. The summed E-state index contributed by atoms with van der Waals surface area (Å²) in [4.78, 5) is 16.1. The Morgan fingerprint density at radius 3 is 2.68 bits per heavy atom. The van der Waals surface area contributed by atoms with Crippen LogP contribution in [0.3, 0.4) is 0 Å². The highest BCUT2D eigenvalue weighted by molar-refractivity contribution is 5.95. The maximum absolute atomic E-state index is 13.7. The second-order valence-electron chi connectivity index (χ2n) is 3.76. The van der Waals surface area contributed by atoms with Gasteiger partial charge in [-0.1, -0.05) is 0 Å². The molecule has 106 valence electrons. The van der Waals surface area contributed by atoms with Crippen LogP contribution in [0.4, 0.5) is 23.4 Å². The summed E-state index contributed by atoms with van der Waals surface area (Å²) < 4.78 is 49.8. The average Bonchev–Trinajstić information content (AvgIpc) is 2.34. The molecule has 1 aromatic rings. The number of nitrogen functional groups attached to an aromatic ring is 1. The molecule has 0 aliphatic heterocycles. The van der Waals surface area contributed by atoms with Crippen LogP contribution in [-0.2, 0) is 0 Å². The molecule has 0 aromatic carbocycles. The van der Waals surface area contributed by atoms with Gasteiger partial charge in [-0.05, 0) is 6.07 Å². The van der Waals surface area contributed by atoms with Crippen molar-refractivity contribution in [2.75, 3.05) is 19.0 Å². The number of alkyl halides is 3. The highest BCUT2D eigenvalue weighted by Crippen LogP contribution is 2.21. The Morgan fingerprint density at radius 1 is 1.53 bits per heavy atom. The largest absolute Gasteiger partial charge is 0.390 e. The lowest BCUT2D eigenvalue weighted by atomic mass is 10.2. The van der Waals surface area contributed by atoms with Gasteiger partial charge in [0, 0.05) is 19.8 Å². The molecule has 0 radical (unpaired) electrons. The fourth-order valence-corrected chi connectivity index (χ4v) is 1.31. The van der Waals surface area contributed by atoms with Crippen LogP contribution in [0.15, 0.2) is 12.3 Å². The van der Waals surface area contributed by atoms with Gasteiger partial charge < -0.3 is 10.3 Å². The molecule has 0 aliphatic rings. The van der Waals surface area contributed by atoms with Crippen LogP contribution in [0, 0.1) is 5.82 Å². The van der Waals surface area contributed by atoms with E-state index in [4.69, 9.17) is 5.84 Å². The fourth-order valence-electron chi connectivity index (χ4n) is 1.31.